The lowest BCUT2D eigenvalue weighted by Gasteiger charge is -2.35. The first-order valence-electron chi connectivity index (χ1n) is 10.4. The van der Waals surface area contributed by atoms with Crippen LogP contribution in [0.4, 0.5) is 10.7 Å². The number of carbonyl (C=O) groups excluding carboxylic acids is 1. The number of likely N-dealkylation sites (tertiary alicyclic amines) is 1. The van der Waals surface area contributed by atoms with Gasteiger partial charge in [-0.3, -0.25) is 4.90 Å². The number of nitrogens with zero attached hydrogens (tertiary/aromatic N) is 7. The summed E-state index contributed by atoms with van der Waals surface area (Å²) in [7, 11) is 2.08. The van der Waals surface area contributed by atoms with E-state index in [2.05, 4.69) is 26.9 Å². The summed E-state index contributed by atoms with van der Waals surface area (Å²) in [5.41, 5.74) is -0.527. The van der Waals surface area contributed by atoms with Gasteiger partial charge in [0.05, 0.1) is 0 Å². The van der Waals surface area contributed by atoms with E-state index in [9.17, 15) is 10.1 Å². The molecule has 0 unspecified atom stereocenters. The molecule has 0 saturated carbocycles. The number of carbonyl (C=O) groups is 1. The topological polar surface area (TPSA) is 108 Å². The molecular formula is C20H31N7O3. The Balaban J connectivity index is 1.66. The molecule has 2 aliphatic rings. The van der Waals surface area contributed by atoms with Gasteiger partial charge in [0.2, 0.25) is 11.8 Å². The van der Waals surface area contributed by atoms with E-state index in [0.717, 1.165) is 19.4 Å². The van der Waals surface area contributed by atoms with Crippen molar-refractivity contribution in [1.29, 1.82) is 5.26 Å². The van der Waals surface area contributed by atoms with Gasteiger partial charge in [0.1, 0.15) is 17.8 Å². The average Bonchev–Trinajstić information content (AvgIpc) is 3.12. The summed E-state index contributed by atoms with van der Waals surface area (Å²) in [5.74, 6) is 0.420. The van der Waals surface area contributed by atoms with Crippen molar-refractivity contribution in [2.24, 2.45) is 0 Å². The standard InChI is InChI=1S/C20H31N7O3/c1-14(15-7-6-8-25(15)5)29-18-23-16(13-21)22-17(24-18)26-9-11-27(12-10-26)19(28)30-20(2,3)4/h14-15H,6-12H2,1-5H3/t14-,15-/m0/s1. The van der Waals surface area contributed by atoms with Crippen molar-refractivity contribution in [3.63, 3.8) is 0 Å². The van der Waals surface area contributed by atoms with Crippen molar-refractivity contribution in [2.45, 2.75) is 58.3 Å². The maximum atomic E-state index is 12.3. The first-order chi connectivity index (χ1) is 14.2. The van der Waals surface area contributed by atoms with Crippen LogP contribution in [0.1, 0.15) is 46.4 Å². The molecule has 1 aromatic rings. The van der Waals surface area contributed by atoms with Crippen LogP contribution in [0.2, 0.25) is 0 Å². The SMILES string of the molecule is C[C@H](Oc1nc(C#N)nc(N2CCN(C(=O)OC(C)(C)C)CC2)n1)[C@@H]1CCCN1C. The smallest absolute Gasteiger partial charge is 0.410 e. The van der Waals surface area contributed by atoms with Gasteiger partial charge in [-0.05, 0) is 54.1 Å². The zero-order valence-electron chi connectivity index (χ0n) is 18.5. The highest BCUT2D eigenvalue weighted by Gasteiger charge is 2.30. The molecule has 0 spiro atoms. The Hall–Kier alpha value is -2.67. The van der Waals surface area contributed by atoms with E-state index in [1.54, 1.807) is 4.90 Å². The summed E-state index contributed by atoms with van der Waals surface area (Å²) < 4.78 is 11.4. The van der Waals surface area contributed by atoms with Gasteiger partial charge >= 0.3 is 12.1 Å². The number of hydrogen-bond acceptors (Lipinski definition) is 9. The summed E-state index contributed by atoms with van der Waals surface area (Å²) in [6.45, 7) is 10.6. The minimum absolute atomic E-state index is 0.0246. The van der Waals surface area contributed by atoms with Gasteiger partial charge in [0, 0.05) is 32.2 Å². The molecule has 10 nitrogen and oxygen atoms in total. The molecule has 2 saturated heterocycles. The summed E-state index contributed by atoms with van der Waals surface area (Å²) >= 11 is 0. The van der Waals surface area contributed by atoms with Crippen molar-refractivity contribution < 1.29 is 14.3 Å². The van der Waals surface area contributed by atoms with Gasteiger partial charge in [-0.15, -0.1) is 0 Å². The van der Waals surface area contributed by atoms with E-state index in [1.165, 1.54) is 0 Å². The summed E-state index contributed by atoms with van der Waals surface area (Å²) in [6.07, 6.45) is 1.79. The molecule has 1 aromatic heterocycles. The Kier molecular flexibility index (Phi) is 6.61. The molecule has 3 heterocycles. The van der Waals surface area contributed by atoms with Crippen molar-refractivity contribution >= 4 is 12.0 Å². The Morgan fingerprint density at radius 3 is 2.43 bits per heavy atom. The van der Waals surface area contributed by atoms with Crippen LogP contribution in [0.25, 0.3) is 0 Å². The van der Waals surface area contributed by atoms with Crippen molar-refractivity contribution in [2.75, 3.05) is 44.7 Å². The van der Waals surface area contributed by atoms with E-state index >= 15 is 0 Å². The van der Waals surface area contributed by atoms with Gasteiger partial charge in [-0.25, -0.2) is 4.79 Å². The van der Waals surface area contributed by atoms with Gasteiger partial charge in [-0.2, -0.15) is 20.2 Å². The highest BCUT2D eigenvalue weighted by Crippen LogP contribution is 2.22. The molecule has 0 aliphatic carbocycles. The van der Waals surface area contributed by atoms with Gasteiger partial charge < -0.3 is 19.3 Å². The fourth-order valence-corrected chi connectivity index (χ4v) is 3.78. The molecule has 30 heavy (non-hydrogen) atoms. The molecule has 0 aromatic carbocycles. The highest BCUT2D eigenvalue weighted by molar-refractivity contribution is 5.68. The number of nitriles is 1. The lowest BCUT2D eigenvalue weighted by Crippen LogP contribution is -2.50. The molecule has 1 amide bonds. The highest BCUT2D eigenvalue weighted by atomic mass is 16.6. The lowest BCUT2D eigenvalue weighted by molar-refractivity contribution is 0.0240. The minimum atomic E-state index is -0.527. The molecular weight excluding hydrogens is 386 g/mol. The normalized spacial score (nSPS) is 21.3. The predicted molar refractivity (Wildman–Crippen MR) is 110 cm³/mol. The van der Waals surface area contributed by atoms with Gasteiger partial charge in [0.25, 0.3) is 0 Å². The number of piperazine rings is 1. The van der Waals surface area contributed by atoms with Crippen molar-refractivity contribution in [3.8, 4) is 12.1 Å². The minimum Gasteiger partial charge on any atom is -0.459 e. The zero-order valence-corrected chi connectivity index (χ0v) is 18.5. The first-order valence-corrected chi connectivity index (χ1v) is 10.4. The fraction of sp³-hybridized carbons (Fsp3) is 0.750. The average molecular weight is 418 g/mol. The number of rotatable bonds is 4. The van der Waals surface area contributed by atoms with Crippen molar-refractivity contribution in [1.82, 2.24) is 24.8 Å². The Morgan fingerprint density at radius 1 is 1.17 bits per heavy atom. The third-order valence-corrected chi connectivity index (χ3v) is 5.33. The Bertz CT molecular complexity index is 797. The van der Waals surface area contributed by atoms with Crippen molar-refractivity contribution in [3.05, 3.63) is 5.82 Å². The third kappa shape index (κ3) is 5.48. The number of amides is 1. The van der Waals surface area contributed by atoms with Crippen LogP contribution in [0.3, 0.4) is 0 Å². The summed E-state index contributed by atoms with van der Waals surface area (Å²) in [6, 6.07) is 2.45. The van der Waals surface area contributed by atoms with Crippen LogP contribution >= 0.6 is 0 Å². The number of ether oxygens (including phenoxy) is 2. The van der Waals surface area contributed by atoms with Gasteiger partial charge in [0.15, 0.2) is 0 Å². The number of aromatic nitrogens is 3. The van der Waals surface area contributed by atoms with E-state index < -0.39 is 5.60 Å². The van der Waals surface area contributed by atoms with Crippen LogP contribution in [-0.4, -0.2) is 88.4 Å². The molecule has 2 aliphatic heterocycles. The molecule has 164 valence electrons. The fourth-order valence-electron chi connectivity index (χ4n) is 3.78. The molecule has 3 rings (SSSR count). The Labute approximate surface area is 177 Å². The van der Waals surface area contributed by atoms with Crippen LogP contribution < -0.4 is 9.64 Å². The van der Waals surface area contributed by atoms with Crippen LogP contribution in [0.15, 0.2) is 0 Å². The molecule has 2 atom stereocenters. The van der Waals surface area contributed by atoms with Crippen LogP contribution in [0, 0.1) is 11.3 Å². The monoisotopic (exact) mass is 417 g/mol. The molecule has 0 bridgehead atoms. The molecule has 0 N–H and O–H groups in total. The quantitative estimate of drug-likeness (QED) is 0.722. The first kappa shape index (κ1) is 22.0. The second-order valence-electron chi connectivity index (χ2n) is 8.82. The second-order valence-corrected chi connectivity index (χ2v) is 8.82. The van der Waals surface area contributed by atoms with Crippen LogP contribution in [-0.2, 0) is 4.74 Å². The Morgan fingerprint density at radius 2 is 1.87 bits per heavy atom. The van der Waals surface area contributed by atoms with E-state index in [-0.39, 0.29) is 24.0 Å². The van der Waals surface area contributed by atoms with Gasteiger partial charge in [-0.1, -0.05) is 0 Å². The van der Waals surface area contributed by atoms with E-state index in [4.69, 9.17) is 9.47 Å². The van der Waals surface area contributed by atoms with E-state index in [0.29, 0.717) is 38.2 Å². The van der Waals surface area contributed by atoms with E-state index in [1.807, 2.05) is 38.7 Å². The lowest BCUT2D eigenvalue weighted by atomic mass is 10.1. The number of anilines is 1. The predicted octanol–water partition coefficient (Wildman–Crippen LogP) is 1.66. The molecule has 0 radical (unpaired) electrons. The molecule has 2 fully saturated rings. The van der Waals surface area contributed by atoms with Crippen LogP contribution in [0.5, 0.6) is 6.01 Å². The third-order valence-electron chi connectivity index (χ3n) is 5.33. The number of hydrogen-bond donors (Lipinski definition) is 0. The second kappa shape index (κ2) is 9.00. The number of likely N-dealkylation sites (N-methyl/N-ethyl adjacent to an activating group) is 1. The largest absolute Gasteiger partial charge is 0.459 e. The maximum absolute atomic E-state index is 12.3. The maximum Gasteiger partial charge on any atom is 0.410 e. The summed E-state index contributed by atoms with van der Waals surface area (Å²) in [4.78, 5) is 31.0. The summed E-state index contributed by atoms with van der Waals surface area (Å²) in [5, 5.41) is 9.34. The molecule has 10 heteroatoms. The zero-order chi connectivity index (χ0) is 21.9.